The molecule has 52 valence electrons. The molecule has 1 aliphatic carbocycles. The number of rotatable bonds is 0. The highest BCUT2D eigenvalue weighted by Gasteiger charge is 2.34. The molecule has 1 saturated carbocycles. The third-order valence-corrected chi connectivity index (χ3v) is 3.04. The molecule has 2 atom stereocenters. The molecule has 2 rings (SSSR count). The van der Waals surface area contributed by atoms with Gasteiger partial charge in [-0.15, -0.1) is 0 Å². The summed E-state index contributed by atoms with van der Waals surface area (Å²) in [6, 6.07) is 0.977. The summed E-state index contributed by atoms with van der Waals surface area (Å²) in [5.41, 5.74) is 0. The number of hydrogen-bond donors (Lipinski definition) is 0. The van der Waals surface area contributed by atoms with Crippen LogP contribution in [0.3, 0.4) is 0 Å². The normalized spacial score (nSPS) is 43.7. The lowest BCUT2D eigenvalue weighted by Crippen LogP contribution is -2.25. The molecule has 0 aromatic rings. The third-order valence-electron chi connectivity index (χ3n) is 3.04. The topological polar surface area (TPSA) is 3.24 Å². The molecule has 0 spiro atoms. The summed E-state index contributed by atoms with van der Waals surface area (Å²) < 4.78 is 0. The second-order valence-corrected chi connectivity index (χ2v) is 3.53. The van der Waals surface area contributed by atoms with E-state index in [9.17, 15) is 0 Å². The molecule has 0 radical (unpaired) electrons. The van der Waals surface area contributed by atoms with E-state index in [4.69, 9.17) is 0 Å². The van der Waals surface area contributed by atoms with Crippen molar-refractivity contribution in [3.63, 3.8) is 0 Å². The van der Waals surface area contributed by atoms with Crippen LogP contribution in [0.2, 0.25) is 0 Å². The van der Waals surface area contributed by atoms with E-state index in [0.29, 0.717) is 0 Å². The van der Waals surface area contributed by atoms with Crippen LogP contribution in [0.1, 0.15) is 25.7 Å². The van der Waals surface area contributed by atoms with Crippen LogP contribution in [-0.4, -0.2) is 24.5 Å². The van der Waals surface area contributed by atoms with Gasteiger partial charge in [-0.3, -0.25) is 0 Å². The lowest BCUT2D eigenvalue weighted by Gasteiger charge is -2.16. The Bertz CT molecular complexity index is 111. The molecule has 1 unspecified atom stereocenters. The van der Waals surface area contributed by atoms with Crippen molar-refractivity contribution in [2.45, 2.75) is 31.7 Å². The van der Waals surface area contributed by atoms with E-state index < -0.39 is 0 Å². The summed E-state index contributed by atoms with van der Waals surface area (Å²) >= 11 is 0. The summed E-state index contributed by atoms with van der Waals surface area (Å²) in [5, 5.41) is 0. The van der Waals surface area contributed by atoms with E-state index in [1.807, 2.05) is 0 Å². The molecule has 1 heteroatoms. The summed E-state index contributed by atoms with van der Waals surface area (Å²) in [7, 11) is 2.27. The van der Waals surface area contributed by atoms with Crippen LogP contribution in [0.4, 0.5) is 0 Å². The molecule has 0 N–H and O–H groups in total. The Morgan fingerprint density at radius 3 is 2.89 bits per heavy atom. The van der Waals surface area contributed by atoms with Crippen LogP contribution >= 0.6 is 0 Å². The van der Waals surface area contributed by atoms with Gasteiger partial charge in [-0.2, -0.15) is 0 Å². The maximum atomic E-state index is 2.54. The van der Waals surface area contributed by atoms with Gasteiger partial charge in [0.2, 0.25) is 0 Å². The average Bonchev–Trinajstić information content (AvgIpc) is 2.35. The maximum absolute atomic E-state index is 2.54. The molecule has 9 heavy (non-hydrogen) atoms. The first kappa shape index (κ1) is 5.72. The maximum Gasteiger partial charge on any atom is 0.0121 e. The Kier molecular flexibility index (Phi) is 1.26. The fraction of sp³-hybridized carbons (Fsp3) is 1.00. The van der Waals surface area contributed by atoms with Crippen molar-refractivity contribution in [3.8, 4) is 0 Å². The van der Waals surface area contributed by atoms with Gasteiger partial charge in [0.1, 0.15) is 0 Å². The molecule has 0 aromatic heterocycles. The zero-order valence-corrected chi connectivity index (χ0v) is 6.14. The van der Waals surface area contributed by atoms with Crippen LogP contribution < -0.4 is 0 Å². The molecule has 2 aliphatic rings. The predicted octanol–water partition coefficient (Wildman–Crippen LogP) is 1.49. The van der Waals surface area contributed by atoms with Gasteiger partial charge in [0.15, 0.2) is 0 Å². The summed E-state index contributed by atoms with van der Waals surface area (Å²) in [6.07, 6.45) is 5.94. The summed E-state index contributed by atoms with van der Waals surface area (Å²) in [6.45, 7) is 1.36. The highest BCUT2D eigenvalue weighted by molar-refractivity contribution is 4.89. The van der Waals surface area contributed by atoms with E-state index in [1.54, 1.807) is 0 Å². The van der Waals surface area contributed by atoms with Crippen molar-refractivity contribution in [2.24, 2.45) is 5.92 Å². The fourth-order valence-corrected chi connectivity index (χ4v) is 2.47. The van der Waals surface area contributed by atoms with Gasteiger partial charge in [0.25, 0.3) is 0 Å². The average molecular weight is 125 g/mol. The number of fused-ring (bicyclic) bond motifs is 1. The molecule has 1 aliphatic heterocycles. The first-order valence-electron chi connectivity index (χ1n) is 4.08. The van der Waals surface area contributed by atoms with Gasteiger partial charge in [-0.1, -0.05) is 6.42 Å². The van der Waals surface area contributed by atoms with E-state index in [2.05, 4.69) is 11.9 Å². The Hall–Kier alpha value is -0.0400. The molecular formula is C8H15N. The van der Waals surface area contributed by atoms with Crippen molar-refractivity contribution >= 4 is 0 Å². The van der Waals surface area contributed by atoms with Gasteiger partial charge in [0.05, 0.1) is 0 Å². The first-order chi connectivity index (χ1) is 4.38. The van der Waals surface area contributed by atoms with Crippen molar-refractivity contribution < 1.29 is 0 Å². The van der Waals surface area contributed by atoms with Crippen molar-refractivity contribution in [1.82, 2.24) is 4.90 Å². The number of likely N-dealkylation sites (tertiary alicyclic amines) is 1. The third kappa shape index (κ3) is 0.787. The van der Waals surface area contributed by atoms with Crippen LogP contribution in [0.15, 0.2) is 0 Å². The molecule has 1 nitrogen and oxygen atoms in total. The minimum Gasteiger partial charge on any atom is -0.303 e. The fourth-order valence-electron chi connectivity index (χ4n) is 2.47. The SMILES string of the molecule is CN1CCC2CCC[C@H]21. The molecule has 2 fully saturated rings. The summed E-state index contributed by atoms with van der Waals surface area (Å²) in [5.74, 6) is 1.08. The van der Waals surface area contributed by atoms with Crippen molar-refractivity contribution in [2.75, 3.05) is 13.6 Å². The van der Waals surface area contributed by atoms with Crippen LogP contribution in [0.25, 0.3) is 0 Å². The first-order valence-corrected chi connectivity index (χ1v) is 4.08. The van der Waals surface area contributed by atoms with Crippen LogP contribution in [0.5, 0.6) is 0 Å². The molecule has 0 amide bonds. The Labute approximate surface area is 57.0 Å². The Morgan fingerprint density at radius 2 is 2.11 bits per heavy atom. The lowest BCUT2D eigenvalue weighted by atomic mass is 10.1. The van der Waals surface area contributed by atoms with E-state index in [-0.39, 0.29) is 0 Å². The van der Waals surface area contributed by atoms with Gasteiger partial charge in [-0.05, 0) is 38.8 Å². The lowest BCUT2D eigenvalue weighted by molar-refractivity contribution is 0.294. The van der Waals surface area contributed by atoms with Gasteiger partial charge in [0, 0.05) is 6.04 Å². The zero-order chi connectivity index (χ0) is 6.27. The standard InChI is InChI=1S/C8H15N/c1-9-6-5-7-3-2-4-8(7)9/h7-8H,2-6H2,1H3/t7?,8-/m1/s1. The van der Waals surface area contributed by atoms with E-state index >= 15 is 0 Å². The van der Waals surface area contributed by atoms with Gasteiger partial charge >= 0.3 is 0 Å². The quantitative estimate of drug-likeness (QED) is 0.474. The Balaban J connectivity index is 2.07. The largest absolute Gasteiger partial charge is 0.303 e. The zero-order valence-electron chi connectivity index (χ0n) is 6.14. The second kappa shape index (κ2) is 1.98. The van der Waals surface area contributed by atoms with Crippen molar-refractivity contribution in [1.29, 1.82) is 0 Å². The number of nitrogens with zero attached hydrogens (tertiary/aromatic N) is 1. The second-order valence-electron chi connectivity index (χ2n) is 3.53. The minimum absolute atomic E-state index is 0.977. The van der Waals surface area contributed by atoms with Gasteiger partial charge in [-0.25, -0.2) is 0 Å². The molecular weight excluding hydrogens is 110 g/mol. The molecule has 0 aromatic carbocycles. The van der Waals surface area contributed by atoms with Crippen LogP contribution in [-0.2, 0) is 0 Å². The predicted molar refractivity (Wildman–Crippen MR) is 38.4 cm³/mol. The highest BCUT2D eigenvalue weighted by Crippen LogP contribution is 2.36. The minimum atomic E-state index is 0.977. The monoisotopic (exact) mass is 125 g/mol. The summed E-state index contributed by atoms with van der Waals surface area (Å²) in [4.78, 5) is 2.54. The Morgan fingerprint density at radius 1 is 1.22 bits per heavy atom. The number of hydrogen-bond acceptors (Lipinski definition) is 1. The van der Waals surface area contributed by atoms with Gasteiger partial charge < -0.3 is 4.90 Å². The van der Waals surface area contributed by atoms with E-state index in [0.717, 1.165) is 12.0 Å². The molecule has 0 bridgehead atoms. The van der Waals surface area contributed by atoms with E-state index in [1.165, 1.54) is 32.2 Å². The van der Waals surface area contributed by atoms with Crippen LogP contribution in [0, 0.1) is 5.92 Å². The molecule has 1 saturated heterocycles. The van der Waals surface area contributed by atoms with Crippen molar-refractivity contribution in [3.05, 3.63) is 0 Å². The molecule has 1 heterocycles. The smallest absolute Gasteiger partial charge is 0.0121 e. The highest BCUT2D eigenvalue weighted by atomic mass is 15.2.